The number of carbonyl (C=O) groups is 1. The first kappa shape index (κ1) is 20.9. The number of benzene rings is 2. The third-order valence-corrected chi connectivity index (χ3v) is 4.82. The summed E-state index contributed by atoms with van der Waals surface area (Å²) in [7, 11) is -4.31. The molecule has 146 valence electrons. The molecule has 0 heterocycles. The highest BCUT2D eigenvalue weighted by Crippen LogP contribution is 2.19. The van der Waals surface area contributed by atoms with Crippen molar-refractivity contribution in [2.24, 2.45) is 0 Å². The first-order chi connectivity index (χ1) is 12.7. The number of nitrogens with one attached hydrogen (secondary N) is 2. The van der Waals surface area contributed by atoms with Gasteiger partial charge in [-0.1, -0.05) is 11.6 Å². The first-order valence-electron chi connectivity index (χ1n) is 7.89. The molecule has 0 aromatic heterocycles. The van der Waals surface area contributed by atoms with Crippen molar-refractivity contribution in [3.05, 3.63) is 53.3 Å². The van der Waals surface area contributed by atoms with Crippen LogP contribution in [0.4, 0.5) is 4.39 Å². The molecule has 2 aromatic rings. The van der Waals surface area contributed by atoms with Crippen LogP contribution in [-0.2, 0) is 14.8 Å². The van der Waals surface area contributed by atoms with Gasteiger partial charge in [0.25, 0.3) is 15.9 Å². The van der Waals surface area contributed by atoms with Crippen molar-refractivity contribution in [3.8, 4) is 11.5 Å². The van der Waals surface area contributed by atoms with Gasteiger partial charge in [-0.15, -0.1) is 4.83 Å². The number of amides is 1. The lowest BCUT2D eigenvalue weighted by molar-refractivity contribution is -0.127. The Hall–Kier alpha value is -2.36. The van der Waals surface area contributed by atoms with Gasteiger partial charge in [0.15, 0.2) is 6.10 Å². The van der Waals surface area contributed by atoms with Crippen LogP contribution in [0.2, 0.25) is 5.02 Å². The summed E-state index contributed by atoms with van der Waals surface area (Å²) in [6.07, 6.45) is -1.01. The molecule has 0 saturated heterocycles. The van der Waals surface area contributed by atoms with Crippen LogP contribution in [0.5, 0.6) is 11.5 Å². The number of ether oxygens (including phenoxy) is 2. The minimum absolute atomic E-state index is 0.0489. The zero-order chi connectivity index (χ0) is 20.0. The van der Waals surface area contributed by atoms with Gasteiger partial charge in [-0.25, -0.2) is 12.8 Å². The van der Waals surface area contributed by atoms with E-state index in [1.807, 2.05) is 17.2 Å². The number of hydrazine groups is 1. The number of carbonyl (C=O) groups excluding carboxylic acids is 1. The molecule has 27 heavy (non-hydrogen) atoms. The molecular formula is C17H18ClFN2O5S. The van der Waals surface area contributed by atoms with Crippen LogP contribution in [0.3, 0.4) is 0 Å². The summed E-state index contributed by atoms with van der Waals surface area (Å²) in [5.41, 5.74) is 1.99. The quantitative estimate of drug-likeness (QED) is 0.645. The van der Waals surface area contributed by atoms with Gasteiger partial charge >= 0.3 is 0 Å². The van der Waals surface area contributed by atoms with Crippen LogP contribution >= 0.6 is 11.6 Å². The number of sulfonamides is 1. The molecule has 0 saturated carbocycles. The van der Waals surface area contributed by atoms with E-state index in [1.165, 1.54) is 13.0 Å². The molecule has 2 aromatic carbocycles. The SMILES string of the molecule is CCOc1ccc(OC(C)C(=O)NNS(=O)(=O)c2ccc(Cl)cc2F)cc1. The van der Waals surface area contributed by atoms with Crippen LogP contribution in [0.1, 0.15) is 13.8 Å². The molecule has 1 unspecified atom stereocenters. The average Bonchev–Trinajstić information content (AvgIpc) is 2.61. The summed E-state index contributed by atoms with van der Waals surface area (Å²) in [6.45, 7) is 3.81. The van der Waals surface area contributed by atoms with Crippen LogP contribution in [0, 0.1) is 5.82 Å². The summed E-state index contributed by atoms with van der Waals surface area (Å²) in [6, 6.07) is 9.65. The highest BCUT2D eigenvalue weighted by atomic mass is 35.5. The summed E-state index contributed by atoms with van der Waals surface area (Å²) in [4.78, 5) is 13.2. The number of hydrogen-bond acceptors (Lipinski definition) is 5. The number of rotatable bonds is 8. The lowest BCUT2D eigenvalue weighted by atomic mass is 10.3. The molecule has 0 bridgehead atoms. The van der Waals surface area contributed by atoms with Gasteiger partial charge in [-0.3, -0.25) is 10.2 Å². The van der Waals surface area contributed by atoms with Crippen LogP contribution in [0.25, 0.3) is 0 Å². The van der Waals surface area contributed by atoms with E-state index in [2.05, 4.69) is 0 Å². The predicted octanol–water partition coefficient (Wildman–Crippen LogP) is 2.65. The predicted molar refractivity (Wildman–Crippen MR) is 97.6 cm³/mol. The van der Waals surface area contributed by atoms with Crippen molar-refractivity contribution in [1.82, 2.24) is 10.3 Å². The molecular weight excluding hydrogens is 399 g/mol. The fourth-order valence-electron chi connectivity index (χ4n) is 2.01. The third kappa shape index (κ3) is 5.81. The Balaban J connectivity index is 1.95. The first-order valence-corrected chi connectivity index (χ1v) is 9.75. The van der Waals surface area contributed by atoms with E-state index >= 15 is 0 Å². The Bertz CT molecular complexity index is 906. The highest BCUT2D eigenvalue weighted by Gasteiger charge is 2.22. The van der Waals surface area contributed by atoms with Crippen molar-refractivity contribution < 1.29 is 27.1 Å². The average molecular weight is 417 g/mol. The maximum atomic E-state index is 13.8. The molecule has 1 amide bonds. The fraction of sp³-hybridized carbons (Fsp3) is 0.235. The van der Waals surface area contributed by atoms with Crippen molar-refractivity contribution in [3.63, 3.8) is 0 Å². The molecule has 2 N–H and O–H groups in total. The van der Waals surface area contributed by atoms with Crippen molar-refractivity contribution >= 4 is 27.5 Å². The van der Waals surface area contributed by atoms with E-state index in [9.17, 15) is 17.6 Å². The van der Waals surface area contributed by atoms with Crippen LogP contribution in [0.15, 0.2) is 47.4 Å². The molecule has 0 aliphatic heterocycles. The summed E-state index contributed by atoms with van der Waals surface area (Å²) >= 11 is 5.59. The molecule has 10 heteroatoms. The normalized spacial score (nSPS) is 12.3. The second kappa shape index (κ2) is 9.03. The molecule has 0 spiro atoms. The summed E-state index contributed by atoms with van der Waals surface area (Å²) < 4.78 is 48.6. The zero-order valence-corrected chi connectivity index (χ0v) is 16.1. The fourth-order valence-corrected chi connectivity index (χ4v) is 3.07. The van der Waals surface area contributed by atoms with Gasteiger partial charge in [0.1, 0.15) is 22.2 Å². The van der Waals surface area contributed by atoms with Gasteiger partial charge < -0.3 is 9.47 Å². The van der Waals surface area contributed by atoms with Crippen molar-refractivity contribution in [1.29, 1.82) is 0 Å². The maximum Gasteiger partial charge on any atom is 0.275 e. The smallest absolute Gasteiger partial charge is 0.275 e. The maximum absolute atomic E-state index is 13.8. The van der Waals surface area contributed by atoms with E-state index in [0.29, 0.717) is 18.1 Å². The summed E-state index contributed by atoms with van der Waals surface area (Å²) in [5, 5.41) is 0.0489. The van der Waals surface area contributed by atoms with Crippen LogP contribution < -0.4 is 19.7 Å². The Labute approximate surface area is 161 Å². The monoisotopic (exact) mass is 416 g/mol. The van der Waals surface area contributed by atoms with Gasteiger partial charge in [0.05, 0.1) is 6.61 Å². The molecule has 0 radical (unpaired) electrons. The van der Waals surface area contributed by atoms with E-state index in [1.54, 1.807) is 24.3 Å². The highest BCUT2D eigenvalue weighted by molar-refractivity contribution is 7.89. The van der Waals surface area contributed by atoms with E-state index < -0.39 is 32.7 Å². The van der Waals surface area contributed by atoms with E-state index in [0.717, 1.165) is 12.1 Å². The Kier molecular flexibility index (Phi) is 7.00. The molecule has 0 aliphatic carbocycles. The van der Waals surface area contributed by atoms with Crippen LogP contribution in [-0.4, -0.2) is 27.0 Å². The molecule has 0 aliphatic rings. The minimum Gasteiger partial charge on any atom is -0.494 e. The second-order valence-corrected chi connectivity index (χ2v) is 7.42. The van der Waals surface area contributed by atoms with Gasteiger partial charge in [-0.2, -0.15) is 0 Å². The molecule has 2 rings (SSSR count). The summed E-state index contributed by atoms with van der Waals surface area (Å²) in [5.74, 6) is -0.753. The lowest BCUT2D eigenvalue weighted by Crippen LogP contribution is -2.47. The number of hydrogen-bond donors (Lipinski definition) is 2. The Morgan fingerprint density at radius 1 is 1.19 bits per heavy atom. The largest absolute Gasteiger partial charge is 0.494 e. The topological polar surface area (TPSA) is 93.7 Å². The second-order valence-electron chi connectivity index (χ2n) is 5.33. The Morgan fingerprint density at radius 2 is 1.81 bits per heavy atom. The number of halogens is 2. The van der Waals surface area contributed by atoms with E-state index in [4.69, 9.17) is 21.1 Å². The van der Waals surface area contributed by atoms with Crippen molar-refractivity contribution in [2.45, 2.75) is 24.8 Å². The molecule has 0 fully saturated rings. The van der Waals surface area contributed by atoms with Gasteiger partial charge in [-0.05, 0) is 56.3 Å². The Morgan fingerprint density at radius 3 is 2.41 bits per heavy atom. The lowest BCUT2D eigenvalue weighted by Gasteiger charge is -2.15. The van der Waals surface area contributed by atoms with Crippen molar-refractivity contribution in [2.75, 3.05) is 6.61 Å². The van der Waals surface area contributed by atoms with Gasteiger partial charge in [0, 0.05) is 5.02 Å². The molecule has 7 nitrogen and oxygen atoms in total. The van der Waals surface area contributed by atoms with Gasteiger partial charge in [0.2, 0.25) is 0 Å². The third-order valence-electron chi connectivity index (χ3n) is 3.31. The minimum atomic E-state index is -4.31. The molecule has 1 atom stereocenters. The zero-order valence-electron chi connectivity index (χ0n) is 14.5. The van der Waals surface area contributed by atoms with E-state index in [-0.39, 0.29) is 5.02 Å². The standard InChI is InChI=1S/C17H18ClFN2O5S/c1-3-25-13-5-7-14(8-6-13)26-11(2)17(22)20-21-27(23,24)16-9-4-12(18)10-15(16)19/h4-11,21H,3H2,1-2H3,(H,20,22).